The first-order valence-electron chi connectivity index (χ1n) is 0.169. The maximum atomic E-state index is 6.81. The first kappa shape index (κ1) is 32.0. The summed E-state index contributed by atoms with van der Waals surface area (Å²) in [5, 5.41) is 0. The van der Waals surface area contributed by atoms with Crippen molar-refractivity contribution in [3.63, 3.8) is 0 Å². The van der Waals surface area contributed by atoms with E-state index in [4.69, 9.17) is 4.19 Å². The molecule has 5 heteroatoms. The molecule has 0 aromatic heterocycles. The van der Waals surface area contributed by atoms with Crippen molar-refractivity contribution in [2.45, 2.75) is 0 Å². The van der Waals surface area contributed by atoms with Crippen molar-refractivity contribution in [2.75, 3.05) is 0 Å². The van der Waals surface area contributed by atoms with Gasteiger partial charge in [0.15, 0.2) is 0 Å². The van der Waals surface area contributed by atoms with E-state index in [0.29, 0.717) is 0 Å². The third-order valence-electron chi connectivity index (χ3n) is 0. The van der Waals surface area contributed by atoms with Crippen molar-refractivity contribution in [3.8, 4) is 0 Å². The van der Waals surface area contributed by atoms with Crippen LogP contribution in [-0.4, -0.2) is 9.67 Å². The minimum absolute atomic E-state index is 0. The number of hydrogen-bond donors (Lipinski definition) is 1. The van der Waals surface area contributed by atoms with Crippen LogP contribution in [0.3, 0.4) is 0 Å². The van der Waals surface area contributed by atoms with Gasteiger partial charge in [-0.15, -0.1) is 0 Å². The molecule has 0 saturated heterocycles. The van der Waals surface area contributed by atoms with Gasteiger partial charge in [0.1, 0.15) is 0 Å². The van der Waals surface area contributed by atoms with E-state index in [-0.39, 0.29) is 38.7 Å². The van der Waals surface area contributed by atoms with Crippen LogP contribution in [0.2, 0.25) is 0 Å². The second-order valence-corrected chi connectivity index (χ2v) is 0. The van der Waals surface area contributed by atoms with E-state index in [9.17, 15) is 0 Å². The molecule has 0 fully saturated rings. The Kier molecular flexibility index (Phi) is 331. The van der Waals surface area contributed by atoms with Crippen LogP contribution in [-0.2, 0) is 49.6 Å². The SMILES string of the molecule is O.[Co].[Ni].[OH][Mn]. The summed E-state index contributed by atoms with van der Waals surface area (Å²) in [6.45, 7) is 0. The molecule has 0 unspecified atom stereocenters. The van der Waals surface area contributed by atoms with Crippen molar-refractivity contribution in [1.82, 2.24) is 0 Å². The molecule has 0 amide bonds. The summed E-state index contributed by atoms with van der Waals surface area (Å²) in [4.78, 5) is 0. The molecule has 0 aliphatic rings. The summed E-state index contributed by atoms with van der Waals surface area (Å²) in [5.74, 6) is 0. The second kappa shape index (κ2) is 51.7. The first-order chi connectivity index (χ1) is 1.00. The van der Waals surface area contributed by atoms with Gasteiger partial charge in [0.2, 0.25) is 0 Å². The minimum atomic E-state index is 0. The molecule has 0 spiro atoms. The van der Waals surface area contributed by atoms with Crippen LogP contribution in [0, 0.1) is 0 Å². The van der Waals surface area contributed by atoms with Gasteiger partial charge in [-0.3, -0.25) is 0 Å². The van der Waals surface area contributed by atoms with Crippen molar-refractivity contribution in [1.29, 1.82) is 0 Å². The van der Waals surface area contributed by atoms with Crippen LogP contribution in [0.4, 0.5) is 0 Å². The zero-order valence-electron chi connectivity index (χ0n) is 1.97. The summed E-state index contributed by atoms with van der Waals surface area (Å²) in [5.41, 5.74) is 0. The molecule has 2 nitrogen and oxygen atoms in total. The Labute approximate surface area is 59.3 Å². The zero-order valence-corrected chi connectivity index (χ0v) is 5.18. The van der Waals surface area contributed by atoms with Gasteiger partial charge in [-0.2, -0.15) is 0 Å². The third-order valence-corrected chi connectivity index (χ3v) is 0. The van der Waals surface area contributed by atoms with Gasteiger partial charge in [-0.25, -0.2) is 0 Å². The molecule has 5 heavy (non-hydrogen) atoms. The Morgan fingerprint density at radius 1 is 1.20 bits per heavy atom. The molecule has 0 rings (SSSR count). The third kappa shape index (κ3) is 31.1. The molecular weight excluding hydrogens is 205 g/mol. The molecule has 0 saturated carbocycles. The first-order valence-corrected chi connectivity index (χ1v) is 0.697. The Hall–Kier alpha value is 1.44. The Morgan fingerprint density at radius 3 is 1.20 bits per heavy atom. The normalized spacial score (nSPS) is 1.20. The maximum absolute atomic E-state index is 6.81. The Balaban J connectivity index is -0.00000000167. The van der Waals surface area contributed by atoms with Gasteiger partial charge >= 0.3 is 20.5 Å². The average molecular weight is 208 g/mol. The summed E-state index contributed by atoms with van der Waals surface area (Å²) < 4.78 is 6.81. The number of rotatable bonds is 0. The van der Waals surface area contributed by atoms with E-state index in [0.717, 1.165) is 0 Å². The fraction of sp³-hybridized carbons (Fsp3) is 0. The molecule has 0 aromatic carbocycles. The van der Waals surface area contributed by atoms with E-state index < -0.39 is 0 Å². The summed E-state index contributed by atoms with van der Waals surface area (Å²) in [7, 11) is 0. The van der Waals surface area contributed by atoms with Gasteiger partial charge in [0.25, 0.3) is 0 Å². The monoisotopic (exact) mass is 207 g/mol. The van der Waals surface area contributed by atoms with Gasteiger partial charge < -0.3 is 5.48 Å². The molecule has 0 atom stereocenters. The van der Waals surface area contributed by atoms with Crippen LogP contribution in [0.25, 0.3) is 0 Å². The Morgan fingerprint density at radius 2 is 1.20 bits per heavy atom. The molecule has 0 aromatic rings. The zero-order chi connectivity index (χ0) is 2.00. The predicted octanol–water partition coefficient (Wildman–Crippen LogP) is -1.39. The fourth-order valence-corrected chi connectivity index (χ4v) is 0. The topological polar surface area (TPSA) is 51.7 Å². The van der Waals surface area contributed by atoms with E-state index in [1.54, 1.807) is 0 Å². The van der Waals surface area contributed by atoms with E-state index in [1.807, 2.05) is 16.3 Å². The molecule has 0 heterocycles. The molecule has 41 valence electrons. The van der Waals surface area contributed by atoms with Crippen LogP contribution in [0.5, 0.6) is 0 Å². The predicted molar refractivity (Wildman–Crippen MR) is 5.83 cm³/mol. The van der Waals surface area contributed by atoms with Gasteiger partial charge in [-0.05, 0) is 0 Å². The quantitative estimate of drug-likeness (QED) is 0.489. The van der Waals surface area contributed by atoms with Gasteiger partial charge in [0.05, 0.1) is 0 Å². The molecular formula is H3CoMnNiO2. The van der Waals surface area contributed by atoms with E-state index >= 15 is 0 Å². The van der Waals surface area contributed by atoms with Crippen molar-refractivity contribution in [2.24, 2.45) is 0 Å². The fourth-order valence-electron chi connectivity index (χ4n) is 0. The Bertz CT molecular complexity index is 9.61. The van der Waals surface area contributed by atoms with E-state index in [2.05, 4.69) is 0 Å². The summed E-state index contributed by atoms with van der Waals surface area (Å²) >= 11 is 1.94. The molecule has 1 radical (unpaired) electrons. The van der Waals surface area contributed by atoms with E-state index in [1.165, 1.54) is 0 Å². The summed E-state index contributed by atoms with van der Waals surface area (Å²) in [6, 6.07) is 0. The molecule has 0 bridgehead atoms. The molecule has 0 aliphatic carbocycles. The van der Waals surface area contributed by atoms with Crippen LogP contribution in [0.15, 0.2) is 0 Å². The van der Waals surface area contributed by atoms with Crippen LogP contribution in [0.1, 0.15) is 0 Å². The van der Waals surface area contributed by atoms with Crippen molar-refractivity contribution in [3.05, 3.63) is 0 Å². The van der Waals surface area contributed by atoms with Crippen LogP contribution >= 0.6 is 0 Å². The summed E-state index contributed by atoms with van der Waals surface area (Å²) in [6.07, 6.45) is 0. The van der Waals surface area contributed by atoms with Crippen LogP contribution < -0.4 is 0 Å². The van der Waals surface area contributed by atoms with Gasteiger partial charge in [0, 0.05) is 33.3 Å². The molecule has 0 aliphatic heterocycles. The second-order valence-electron chi connectivity index (χ2n) is 0. The molecule has 3 N–H and O–H groups in total. The van der Waals surface area contributed by atoms with Crippen molar-refractivity contribution >= 4 is 0 Å². The number of hydrogen-bond acceptors (Lipinski definition) is 1. The van der Waals surface area contributed by atoms with Crippen molar-refractivity contribution < 1.29 is 59.3 Å². The van der Waals surface area contributed by atoms with Gasteiger partial charge in [-0.1, -0.05) is 0 Å². The average Bonchev–Trinajstić information content (AvgIpc) is 1.00. The standard InChI is InChI=1S/Co.Mn.Ni.2H2O/h;;;2*1H2/q;+1;;;/p-1.